The fourth-order valence-electron chi connectivity index (χ4n) is 1.77. The van der Waals surface area contributed by atoms with Crippen LogP contribution in [0.3, 0.4) is 0 Å². The predicted molar refractivity (Wildman–Crippen MR) is 53.5 cm³/mol. The van der Waals surface area contributed by atoms with Crippen molar-refractivity contribution in [2.24, 2.45) is 5.73 Å². The highest BCUT2D eigenvalue weighted by Gasteiger charge is 2.44. The van der Waals surface area contributed by atoms with Crippen molar-refractivity contribution in [3.05, 3.63) is 0 Å². The van der Waals surface area contributed by atoms with E-state index >= 15 is 0 Å². The highest BCUT2D eigenvalue weighted by Crippen LogP contribution is 2.23. The lowest BCUT2D eigenvalue weighted by atomic mass is 9.77. The molecule has 1 rings (SSSR count). The lowest BCUT2D eigenvalue weighted by Crippen LogP contribution is -2.56. The minimum absolute atomic E-state index is 0.227. The van der Waals surface area contributed by atoms with Crippen LogP contribution in [-0.4, -0.2) is 52.4 Å². The summed E-state index contributed by atoms with van der Waals surface area (Å²) in [7, 11) is -1.72. The Bertz CT molecular complexity index is 272. The number of hydrogen-bond donors (Lipinski definition) is 3. The van der Waals surface area contributed by atoms with E-state index in [0.29, 0.717) is 19.8 Å². The van der Waals surface area contributed by atoms with Crippen molar-refractivity contribution in [2.75, 3.05) is 6.54 Å². The quantitative estimate of drug-likeness (QED) is 0.547. The number of likely N-dealkylation sites (tertiary alicyclic amines) is 1. The highest BCUT2D eigenvalue weighted by molar-refractivity contribution is 6.43. The van der Waals surface area contributed by atoms with E-state index < -0.39 is 30.9 Å². The molecule has 16 heavy (non-hydrogen) atoms. The van der Waals surface area contributed by atoms with Gasteiger partial charge in [-0.3, -0.25) is 4.79 Å². The van der Waals surface area contributed by atoms with Gasteiger partial charge in [-0.2, -0.15) is 0 Å². The average Bonchev–Trinajstić information content (AvgIpc) is 2.62. The van der Waals surface area contributed by atoms with Crippen LogP contribution >= 0.6 is 0 Å². The zero-order valence-electron chi connectivity index (χ0n) is 8.94. The van der Waals surface area contributed by atoms with E-state index in [2.05, 4.69) is 0 Å². The molecule has 0 aliphatic carbocycles. The zero-order valence-corrected chi connectivity index (χ0v) is 8.94. The van der Waals surface area contributed by atoms with Crippen molar-refractivity contribution in [3.63, 3.8) is 0 Å². The Labute approximate surface area is 92.4 Å². The Morgan fingerprint density at radius 2 is 2.19 bits per heavy atom. The number of carbonyl (C=O) groups excluding carboxylic acids is 1. The van der Waals surface area contributed by atoms with Crippen LogP contribution < -0.4 is 5.73 Å². The van der Waals surface area contributed by atoms with Crippen LogP contribution in [0, 0.1) is 0 Å². The maximum atomic E-state index is 12.9. The molecule has 2 atom stereocenters. The number of hydrogen-bond acceptors (Lipinski definition) is 4. The summed E-state index contributed by atoms with van der Waals surface area (Å²) in [6.07, 6.45) is 0.932. The molecule has 0 saturated carbocycles. The zero-order chi connectivity index (χ0) is 12.5. The van der Waals surface area contributed by atoms with Gasteiger partial charge in [0.15, 0.2) is 0 Å². The fraction of sp³-hybridized carbons (Fsp3) is 0.875. The Morgan fingerprint density at radius 3 is 2.62 bits per heavy atom. The number of halogens is 2. The molecule has 1 amide bonds. The second-order valence-electron chi connectivity index (χ2n) is 4.09. The largest absolute Gasteiger partial charge is 0.475 e. The number of rotatable bonds is 3. The van der Waals surface area contributed by atoms with Crippen LogP contribution in [-0.2, 0) is 4.79 Å². The lowest BCUT2D eigenvalue weighted by Gasteiger charge is -2.28. The molecule has 0 aromatic rings. The number of carbonyl (C=O) groups is 1. The van der Waals surface area contributed by atoms with Crippen LogP contribution in [0.25, 0.3) is 0 Å². The number of nitrogens with zero attached hydrogens (tertiary/aromatic N) is 1. The molecule has 1 fully saturated rings. The summed E-state index contributed by atoms with van der Waals surface area (Å²) < 4.78 is 25.7. The van der Waals surface area contributed by atoms with Gasteiger partial charge < -0.3 is 20.7 Å². The van der Waals surface area contributed by atoms with Gasteiger partial charge in [-0.1, -0.05) is 0 Å². The van der Waals surface area contributed by atoms with Gasteiger partial charge >= 0.3 is 7.12 Å². The van der Waals surface area contributed by atoms with E-state index in [1.54, 1.807) is 0 Å². The van der Waals surface area contributed by atoms with Crippen LogP contribution in [0.2, 0.25) is 0 Å². The molecule has 1 heterocycles. The third-order valence-corrected chi connectivity index (χ3v) is 2.74. The van der Waals surface area contributed by atoms with Gasteiger partial charge in [0.2, 0.25) is 5.91 Å². The Kier molecular flexibility index (Phi) is 3.87. The van der Waals surface area contributed by atoms with Gasteiger partial charge in [0.25, 0.3) is 5.92 Å². The van der Waals surface area contributed by atoms with Gasteiger partial charge in [-0.15, -0.1) is 0 Å². The van der Waals surface area contributed by atoms with Gasteiger partial charge in [-0.05, 0) is 12.8 Å². The molecule has 1 aliphatic heterocycles. The molecule has 1 saturated heterocycles. The van der Waals surface area contributed by atoms with Crippen molar-refractivity contribution in [2.45, 2.75) is 37.7 Å². The lowest BCUT2D eigenvalue weighted by molar-refractivity contribution is -0.140. The second-order valence-corrected chi connectivity index (χ2v) is 4.09. The number of nitrogens with two attached hydrogens (primary N) is 1. The third-order valence-electron chi connectivity index (χ3n) is 2.74. The van der Waals surface area contributed by atoms with Crippen molar-refractivity contribution >= 4 is 13.0 Å². The summed E-state index contributed by atoms with van der Waals surface area (Å²) in [5.41, 5.74) is 5.13. The summed E-state index contributed by atoms with van der Waals surface area (Å²) in [4.78, 5) is 12.6. The van der Waals surface area contributed by atoms with Crippen molar-refractivity contribution in [1.82, 2.24) is 4.90 Å². The number of alkyl halides is 2. The summed E-state index contributed by atoms with van der Waals surface area (Å²) in [5, 5.41) is 18.0. The van der Waals surface area contributed by atoms with Gasteiger partial charge in [0, 0.05) is 13.5 Å². The first kappa shape index (κ1) is 13.3. The molecule has 0 aromatic carbocycles. The van der Waals surface area contributed by atoms with Crippen LogP contribution in [0.4, 0.5) is 8.78 Å². The monoisotopic (exact) mass is 236 g/mol. The average molecular weight is 236 g/mol. The Balaban J connectivity index is 2.74. The van der Waals surface area contributed by atoms with E-state index in [1.807, 2.05) is 0 Å². The van der Waals surface area contributed by atoms with E-state index in [-0.39, 0.29) is 6.54 Å². The van der Waals surface area contributed by atoms with E-state index in [9.17, 15) is 13.6 Å². The molecule has 1 aliphatic rings. The normalized spacial score (nSPS) is 23.4. The predicted octanol–water partition coefficient (Wildman–Crippen LogP) is -1.03. The molecular formula is C8H15BF2N2O3. The molecule has 92 valence electrons. The summed E-state index contributed by atoms with van der Waals surface area (Å²) in [6, 6.07) is -1.94. The Morgan fingerprint density at radius 1 is 1.62 bits per heavy atom. The van der Waals surface area contributed by atoms with Crippen LogP contribution in [0.15, 0.2) is 0 Å². The minimum atomic E-state index is -3.31. The van der Waals surface area contributed by atoms with Crippen molar-refractivity contribution in [1.29, 1.82) is 0 Å². The highest BCUT2D eigenvalue weighted by atomic mass is 19.3. The molecular weight excluding hydrogens is 221 g/mol. The maximum absolute atomic E-state index is 12.9. The molecule has 8 heteroatoms. The summed E-state index contributed by atoms with van der Waals surface area (Å²) in [5.74, 6) is -5.09. The molecule has 5 nitrogen and oxygen atoms in total. The summed E-state index contributed by atoms with van der Waals surface area (Å²) in [6.45, 7) is 0.793. The van der Waals surface area contributed by atoms with Gasteiger partial charge in [-0.25, -0.2) is 8.78 Å². The molecule has 0 bridgehead atoms. The maximum Gasteiger partial charge on any atom is 0.475 e. The minimum Gasteiger partial charge on any atom is -0.426 e. The second kappa shape index (κ2) is 4.64. The standard InChI is InChI=1S/C8H15BF2N2O3/c1-8(10,11)6(12)7(14)13-4-2-3-5(13)9(15)16/h5-6,15-16H,2-4,12H2,1H3/t5-,6+/m0/s1. The first-order valence-electron chi connectivity index (χ1n) is 5.05. The van der Waals surface area contributed by atoms with Gasteiger partial charge in [0.1, 0.15) is 6.04 Å². The third kappa shape index (κ3) is 2.69. The first-order chi connectivity index (χ1) is 7.25. The topological polar surface area (TPSA) is 86.8 Å². The van der Waals surface area contributed by atoms with Crippen LogP contribution in [0.1, 0.15) is 19.8 Å². The fourth-order valence-corrected chi connectivity index (χ4v) is 1.77. The van der Waals surface area contributed by atoms with E-state index in [1.165, 1.54) is 0 Å². The van der Waals surface area contributed by atoms with Crippen LogP contribution in [0.5, 0.6) is 0 Å². The SMILES string of the molecule is CC(F)(F)[C@H](N)C(=O)N1CCC[C@H]1B(O)O. The van der Waals surface area contributed by atoms with Gasteiger partial charge in [0.05, 0.1) is 5.94 Å². The summed E-state index contributed by atoms with van der Waals surface area (Å²) >= 11 is 0. The molecule has 0 spiro atoms. The van der Waals surface area contributed by atoms with Crippen molar-refractivity contribution < 1.29 is 23.6 Å². The molecule has 0 unspecified atom stereocenters. The Hall–Kier alpha value is -0.725. The first-order valence-corrected chi connectivity index (χ1v) is 5.05. The smallest absolute Gasteiger partial charge is 0.426 e. The molecule has 0 aromatic heterocycles. The van der Waals surface area contributed by atoms with Crippen molar-refractivity contribution in [3.8, 4) is 0 Å². The molecule has 4 N–H and O–H groups in total. The van der Waals surface area contributed by atoms with E-state index in [4.69, 9.17) is 15.8 Å². The molecule has 0 radical (unpaired) electrons. The number of amides is 1. The van der Waals surface area contributed by atoms with E-state index in [0.717, 1.165) is 4.90 Å².